The van der Waals surface area contributed by atoms with Gasteiger partial charge in [0.25, 0.3) is 0 Å². The number of fused-ring (bicyclic) bond motifs is 1. The van der Waals surface area contributed by atoms with Crippen LogP contribution in [0.3, 0.4) is 0 Å². The fourth-order valence-corrected chi connectivity index (χ4v) is 3.07. The van der Waals surface area contributed by atoms with E-state index in [1.54, 1.807) is 18.2 Å². The lowest BCUT2D eigenvalue weighted by Crippen LogP contribution is -2.39. The summed E-state index contributed by atoms with van der Waals surface area (Å²) in [5.74, 6) is -0.0703. The highest BCUT2D eigenvalue weighted by Gasteiger charge is 2.25. The minimum absolute atomic E-state index is 0.0733. The second kappa shape index (κ2) is 7.64. The van der Waals surface area contributed by atoms with E-state index in [4.69, 9.17) is 4.74 Å². The molecule has 2 amide bonds. The molecule has 142 valence electrons. The first-order valence-electron chi connectivity index (χ1n) is 8.73. The molecule has 0 aliphatic carbocycles. The average molecular weight is 381 g/mol. The Kier molecular flexibility index (Phi) is 4.89. The van der Waals surface area contributed by atoms with Gasteiger partial charge in [0, 0.05) is 23.5 Å². The molecular formula is C21H17F2N3O2. The number of benzene rings is 2. The van der Waals surface area contributed by atoms with Crippen molar-refractivity contribution in [3.8, 4) is 5.75 Å². The van der Waals surface area contributed by atoms with Crippen LogP contribution in [0.5, 0.6) is 5.75 Å². The van der Waals surface area contributed by atoms with Gasteiger partial charge in [-0.15, -0.1) is 0 Å². The Morgan fingerprint density at radius 2 is 2.00 bits per heavy atom. The number of hydrogen-bond acceptors (Lipinski definition) is 3. The van der Waals surface area contributed by atoms with Gasteiger partial charge in [-0.3, -0.25) is 9.88 Å². The minimum atomic E-state index is -0.726. The van der Waals surface area contributed by atoms with E-state index >= 15 is 0 Å². The van der Waals surface area contributed by atoms with E-state index in [9.17, 15) is 13.6 Å². The van der Waals surface area contributed by atoms with Crippen molar-refractivity contribution in [2.45, 2.75) is 19.8 Å². The second-order valence-electron chi connectivity index (χ2n) is 6.32. The van der Waals surface area contributed by atoms with Crippen LogP contribution >= 0.6 is 0 Å². The molecule has 4 rings (SSSR count). The van der Waals surface area contributed by atoms with Gasteiger partial charge in [0.15, 0.2) is 0 Å². The van der Waals surface area contributed by atoms with Gasteiger partial charge in [0.2, 0.25) is 0 Å². The zero-order chi connectivity index (χ0) is 19.5. The number of alkyl halides is 1. The molecule has 7 heteroatoms. The summed E-state index contributed by atoms with van der Waals surface area (Å²) in [6.07, 6.45) is 1.48. The van der Waals surface area contributed by atoms with E-state index in [1.165, 1.54) is 23.2 Å². The molecule has 2 aromatic carbocycles. The number of aromatic nitrogens is 1. The molecule has 1 aliphatic rings. The zero-order valence-corrected chi connectivity index (χ0v) is 14.9. The highest BCUT2D eigenvalue weighted by atomic mass is 19.1. The zero-order valence-electron chi connectivity index (χ0n) is 14.9. The number of rotatable bonds is 5. The molecule has 1 N–H and O–H groups in total. The Balaban J connectivity index is 1.61. The van der Waals surface area contributed by atoms with Gasteiger partial charge in [0.05, 0.1) is 12.2 Å². The van der Waals surface area contributed by atoms with Crippen LogP contribution in [-0.4, -0.2) is 11.0 Å². The molecule has 3 aromatic rings. The monoisotopic (exact) mass is 381 g/mol. The summed E-state index contributed by atoms with van der Waals surface area (Å²) < 4.78 is 32.9. The van der Waals surface area contributed by atoms with Crippen LogP contribution in [0.1, 0.15) is 16.8 Å². The Hall–Kier alpha value is -3.48. The van der Waals surface area contributed by atoms with E-state index in [-0.39, 0.29) is 18.3 Å². The Bertz CT molecular complexity index is 1030. The minimum Gasteiger partial charge on any atom is -0.487 e. The number of carbonyl (C=O) groups excluding carboxylic acids is 1. The van der Waals surface area contributed by atoms with Gasteiger partial charge in [0.1, 0.15) is 30.5 Å². The summed E-state index contributed by atoms with van der Waals surface area (Å²) in [5.41, 5.74) is 2.61. The van der Waals surface area contributed by atoms with Gasteiger partial charge in [-0.2, -0.15) is 0 Å². The van der Waals surface area contributed by atoms with Crippen LogP contribution in [0.25, 0.3) is 0 Å². The molecule has 1 aliphatic heterocycles. The summed E-state index contributed by atoms with van der Waals surface area (Å²) in [5, 5.41) is 2.81. The molecule has 0 saturated heterocycles. The smallest absolute Gasteiger partial charge is 0.326 e. The van der Waals surface area contributed by atoms with E-state index in [0.717, 1.165) is 11.3 Å². The van der Waals surface area contributed by atoms with Gasteiger partial charge in [-0.25, -0.2) is 13.6 Å². The van der Waals surface area contributed by atoms with Crippen LogP contribution in [0.15, 0.2) is 60.8 Å². The molecule has 1 aromatic heterocycles. The number of para-hydroxylation sites is 1. The molecule has 0 fully saturated rings. The lowest BCUT2D eigenvalue weighted by Gasteiger charge is -2.30. The summed E-state index contributed by atoms with van der Waals surface area (Å²) in [4.78, 5) is 18.0. The number of anilines is 2. The van der Waals surface area contributed by atoms with E-state index in [1.807, 2.05) is 24.3 Å². The third-order valence-electron chi connectivity index (χ3n) is 4.53. The van der Waals surface area contributed by atoms with Crippen LogP contribution in [0.2, 0.25) is 0 Å². The predicted octanol–water partition coefficient (Wildman–Crippen LogP) is 4.82. The van der Waals surface area contributed by atoms with Crippen LogP contribution in [0, 0.1) is 5.82 Å². The molecule has 5 nitrogen and oxygen atoms in total. The van der Waals surface area contributed by atoms with Crippen molar-refractivity contribution < 1.29 is 18.3 Å². The van der Waals surface area contributed by atoms with E-state index < -0.39 is 12.5 Å². The fraction of sp³-hybridized carbons (Fsp3) is 0.143. The molecule has 0 spiro atoms. The summed E-state index contributed by atoms with van der Waals surface area (Å²) in [6.45, 7) is -0.487. The van der Waals surface area contributed by atoms with Crippen LogP contribution in [-0.2, 0) is 19.8 Å². The molecule has 0 bridgehead atoms. The van der Waals surface area contributed by atoms with Gasteiger partial charge in [-0.05, 0) is 29.8 Å². The lowest BCUT2D eigenvalue weighted by molar-refractivity contribution is 0.256. The number of hydrogen-bond donors (Lipinski definition) is 1. The Morgan fingerprint density at radius 3 is 2.82 bits per heavy atom. The van der Waals surface area contributed by atoms with Gasteiger partial charge in [-0.1, -0.05) is 24.3 Å². The first kappa shape index (κ1) is 17.9. The van der Waals surface area contributed by atoms with Crippen LogP contribution < -0.4 is 15.0 Å². The first-order chi connectivity index (χ1) is 13.7. The molecule has 0 saturated carbocycles. The molecule has 2 heterocycles. The summed E-state index contributed by atoms with van der Waals surface area (Å²) in [6, 6.07) is 14.6. The third kappa shape index (κ3) is 3.51. The van der Waals surface area contributed by atoms with Crippen molar-refractivity contribution >= 4 is 17.4 Å². The van der Waals surface area contributed by atoms with E-state index in [0.29, 0.717) is 23.5 Å². The van der Waals surface area contributed by atoms with Gasteiger partial charge >= 0.3 is 6.03 Å². The normalized spacial score (nSPS) is 13.1. The first-order valence-corrected chi connectivity index (χ1v) is 8.73. The standard InChI is InChI=1S/C21H17F2N3O2/c22-11-14-7-8-16(28-13-19-17(23)5-3-9-24-19)10-20(14)26-12-15-4-1-2-6-18(15)25-21(26)27/h1-10H,11-13H2,(H,25,27). The van der Waals surface area contributed by atoms with Crippen molar-refractivity contribution in [2.24, 2.45) is 0 Å². The van der Waals surface area contributed by atoms with Crippen molar-refractivity contribution in [1.29, 1.82) is 0 Å². The fourth-order valence-electron chi connectivity index (χ4n) is 3.07. The maximum atomic E-state index is 13.7. The van der Waals surface area contributed by atoms with Gasteiger partial charge < -0.3 is 10.1 Å². The number of nitrogens with one attached hydrogen (secondary N) is 1. The molecule has 0 radical (unpaired) electrons. The van der Waals surface area contributed by atoms with Crippen molar-refractivity contribution in [2.75, 3.05) is 10.2 Å². The average Bonchev–Trinajstić information content (AvgIpc) is 2.72. The maximum Gasteiger partial charge on any atom is 0.326 e. The lowest BCUT2D eigenvalue weighted by atomic mass is 10.1. The largest absolute Gasteiger partial charge is 0.487 e. The molecular weight excluding hydrogens is 364 g/mol. The number of nitrogens with zero attached hydrogens (tertiary/aromatic N) is 2. The summed E-state index contributed by atoms with van der Waals surface area (Å²) in [7, 11) is 0. The molecule has 28 heavy (non-hydrogen) atoms. The highest BCUT2D eigenvalue weighted by Crippen LogP contribution is 2.33. The number of carbonyl (C=O) groups is 1. The van der Waals surface area contributed by atoms with Crippen molar-refractivity contribution in [3.05, 3.63) is 83.4 Å². The SMILES string of the molecule is O=C1Nc2ccccc2CN1c1cc(OCc2ncccc2F)ccc1CF. The quantitative estimate of drug-likeness (QED) is 0.689. The van der Waals surface area contributed by atoms with Crippen molar-refractivity contribution in [3.63, 3.8) is 0 Å². The number of amides is 2. The predicted molar refractivity (Wildman–Crippen MR) is 101 cm³/mol. The molecule has 0 unspecified atom stereocenters. The number of halogens is 2. The summed E-state index contributed by atoms with van der Waals surface area (Å²) >= 11 is 0. The number of pyridine rings is 1. The van der Waals surface area contributed by atoms with Crippen LogP contribution in [0.4, 0.5) is 25.0 Å². The molecule has 0 atom stereocenters. The Morgan fingerprint density at radius 1 is 1.14 bits per heavy atom. The van der Waals surface area contributed by atoms with Crippen molar-refractivity contribution in [1.82, 2.24) is 4.98 Å². The van der Waals surface area contributed by atoms with E-state index in [2.05, 4.69) is 10.3 Å². The third-order valence-corrected chi connectivity index (χ3v) is 4.53. The maximum absolute atomic E-state index is 13.7. The Labute approximate surface area is 160 Å². The second-order valence-corrected chi connectivity index (χ2v) is 6.32. The highest BCUT2D eigenvalue weighted by molar-refractivity contribution is 6.04. The number of urea groups is 1. The topological polar surface area (TPSA) is 54.5 Å². The number of ether oxygens (including phenoxy) is 1.